The van der Waals surface area contributed by atoms with Crippen LogP contribution in [-0.4, -0.2) is 26.3 Å². The Kier molecular flexibility index (Phi) is 4.92. The molecular formula is C21H32O3. The van der Waals surface area contributed by atoms with E-state index in [1.165, 1.54) is 31.3 Å². The minimum atomic E-state index is -0.119. The standard InChI is InChI=1S/C21H32O3/c1-15-6-9-18-20(2,14-23-4)11-5-12-21(18,3)17(15)8-7-16-10-13-24-19(16)22/h10,17-18H,1,5-9,11-14H2,2-4H3/t17?,18?,20-,21+/m0/s1. The van der Waals surface area contributed by atoms with E-state index in [0.29, 0.717) is 18.4 Å². The summed E-state index contributed by atoms with van der Waals surface area (Å²) in [4.78, 5) is 11.7. The Balaban J connectivity index is 1.79. The molecule has 0 spiro atoms. The molecule has 3 nitrogen and oxygen atoms in total. The number of esters is 1. The van der Waals surface area contributed by atoms with E-state index in [1.807, 2.05) is 13.2 Å². The number of methoxy groups -OCH3 is 1. The second kappa shape index (κ2) is 6.67. The van der Waals surface area contributed by atoms with Crippen molar-refractivity contribution in [2.24, 2.45) is 22.7 Å². The zero-order valence-electron chi connectivity index (χ0n) is 15.5. The zero-order valence-corrected chi connectivity index (χ0v) is 15.5. The molecule has 24 heavy (non-hydrogen) atoms. The monoisotopic (exact) mass is 332 g/mol. The van der Waals surface area contributed by atoms with Gasteiger partial charge in [0.15, 0.2) is 0 Å². The molecule has 2 aliphatic carbocycles. The third-order valence-corrected chi connectivity index (χ3v) is 7.13. The fraction of sp³-hybridized carbons (Fsp3) is 0.762. The van der Waals surface area contributed by atoms with E-state index in [4.69, 9.17) is 9.47 Å². The van der Waals surface area contributed by atoms with Crippen LogP contribution in [0.1, 0.15) is 58.8 Å². The van der Waals surface area contributed by atoms with Crippen molar-refractivity contribution in [2.45, 2.75) is 58.8 Å². The largest absolute Gasteiger partial charge is 0.458 e. The SMILES string of the molecule is C=C1CCC2[C@](C)(COC)CCC[C@]2(C)C1CCC1=CCOC1=O. The lowest BCUT2D eigenvalue weighted by Gasteiger charge is -2.58. The van der Waals surface area contributed by atoms with Gasteiger partial charge in [-0.15, -0.1) is 0 Å². The van der Waals surface area contributed by atoms with Crippen LogP contribution in [-0.2, 0) is 14.3 Å². The maximum absolute atomic E-state index is 11.7. The first kappa shape index (κ1) is 17.7. The molecule has 1 heterocycles. The van der Waals surface area contributed by atoms with E-state index in [2.05, 4.69) is 20.4 Å². The lowest BCUT2D eigenvalue weighted by Crippen LogP contribution is -2.52. The number of carbonyl (C=O) groups is 1. The number of rotatable bonds is 5. The summed E-state index contributed by atoms with van der Waals surface area (Å²) < 4.78 is 10.7. The Morgan fingerprint density at radius 3 is 2.83 bits per heavy atom. The van der Waals surface area contributed by atoms with E-state index in [-0.39, 0.29) is 16.8 Å². The molecule has 3 aliphatic rings. The average Bonchev–Trinajstić information content (AvgIpc) is 2.92. The van der Waals surface area contributed by atoms with E-state index in [0.717, 1.165) is 31.4 Å². The fourth-order valence-electron chi connectivity index (χ4n) is 6.02. The molecule has 2 unspecified atom stereocenters. The van der Waals surface area contributed by atoms with Crippen LogP contribution in [0.3, 0.4) is 0 Å². The number of hydrogen-bond donors (Lipinski definition) is 0. The van der Waals surface area contributed by atoms with Gasteiger partial charge in [0.25, 0.3) is 0 Å². The van der Waals surface area contributed by atoms with Crippen molar-refractivity contribution in [1.29, 1.82) is 0 Å². The summed E-state index contributed by atoms with van der Waals surface area (Å²) >= 11 is 0. The van der Waals surface area contributed by atoms with Gasteiger partial charge in [-0.3, -0.25) is 0 Å². The minimum absolute atomic E-state index is 0.119. The summed E-state index contributed by atoms with van der Waals surface area (Å²) in [6.07, 6.45) is 9.94. The van der Waals surface area contributed by atoms with Crippen molar-refractivity contribution >= 4 is 5.97 Å². The van der Waals surface area contributed by atoms with Crippen LogP contribution in [0.15, 0.2) is 23.8 Å². The number of hydrogen-bond acceptors (Lipinski definition) is 3. The molecular weight excluding hydrogens is 300 g/mol. The van der Waals surface area contributed by atoms with E-state index >= 15 is 0 Å². The molecule has 0 N–H and O–H groups in total. The normalized spacial score (nSPS) is 39.4. The summed E-state index contributed by atoms with van der Waals surface area (Å²) in [6, 6.07) is 0. The number of fused-ring (bicyclic) bond motifs is 1. The van der Waals surface area contributed by atoms with Gasteiger partial charge in [0.1, 0.15) is 6.61 Å². The summed E-state index contributed by atoms with van der Waals surface area (Å²) in [5.41, 5.74) is 2.81. The van der Waals surface area contributed by atoms with Gasteiger partial charge in [-0.2, -0.15) is 0 Å². The van der Waals surface area contributed by atoms with Crippen LogP contribution < -0.4 is 0 Å². The molecule has 4 atom stereocenters. The van der Waals surface area contributed by atoms with Crippen LogP contribution >= 0.6 is 0 Å². The van der Waals surface area contributed by atoms with Gasteiger partial charge in [-0.05, 0) is 67.3 Å². The summed E-state index contributed by atoms with van der Waals surface area (Å²) in [7, 11) is 1.83. The number of allylic oxidation sites excluding steroid dienone is 1. The van der Waals surface area contributed by atoms with E-state index in [1.54, 1.807) is 0 Å². The Hall–Kier alpha value is -1.09. The molecule has 3 heteroatoms. The summed E-state index contributed by atoms with van der Waals surface area (Å²) in [5.74, 6) is 1.06. The third kappa shape index (κ3) is 2.96. The Morgan fingerprint density at radius 1 is 1.38 bits per heavy atom. The maximum Gasteiger partial charge on any atom is 0.334 e. The Labute approximate surface area is 146 Å². The quantitative estimate of drug-likeness (QED) is 0.542. The molecule has 0 radical (unpaired) electrons. The number of cyclic esters (lactones) is 1. The highest BCUT2D eigenvalue weighted by atomic mass is 16.5. The highest BCUT2D eigenvalue weighted by Crippen LogP contribution is 2.62. The highest BCUT2D eigenvalue weighted by molar-refractivity contribution is 5.90. The third-order valence-electron chi connectivity index (χ3n) is 7.13. The van der Waals surface area contributed by atoms with Crippen molar-refractivity contribution in [2.75, 3.05) is 20.3 Å². The molecule has 0 aromatic heterocycles. The summed E-state index contributed by atoms with van der Waals surface area (Å²) in [5, 5.41) is 0. The molecule has 134 valence electrons. The Bertz CT molecular complexity index is 545. The van der Waals surface area contributed by atoms with Crippen molar-refractivity contribution in [3.05, 3.63) is 23.8 Å². The van der Waals surface area contributed by atoms with Gasteiger partial charge < -0.3 is 9.47 Å². The topological polar surface area (TPSA) is 35.5 Å². The van der Waals surface area contributed by atoms with Crippen molar-refractivity contribution in [1.82, 2.24) is 0 Å². The molecule has 3 rings (SSSR count). The number of ether oxygens (including phenoxy) is 2. The molecule has 0 aromatic carbocycles. The van der Waals surface area contributed by atoms with Gasteiger partial charge in [-0.1, -0.05) is 32.4 Å². The average molecular weight is 332 g/mol. The molecule has 0 saturated heterocycles. The number of carbonyl (C=O) groups excluding carboxylic acids is 1. The van der Waals surface area contributed by atoms with Crippen molar-refractivity contribution in [3.8, 4) is 0 Å². The molecule has 0 aromatic rings. The molecule has 2 fully saturated rings. The fourth-order valence-corrected chi connectivity index (χ4v) is 6.02. The maximum atomic E-state index is 11.7. The Morgan fingerprint density at radius 2 is 2.17 bits per heavy atom. The van der Waals surface area contributed by atoms with Crippen LogP contribution in [0.2, 0.25) is 0 Å². The van der Waals surface area contributed by atoms with E-state index in [9.17, 15) is 4.79 Å². The van der Waals surface area contributed by atoms with Crippen LogP contribution in [0.4, 0.5) is 0 Å². The first-order valence-corrected chi connectivity index (χ1v) is 9.43. The second-order valence-corrected chi connectivity index (χ2v) is 8.62. The van der Waals surface area contributed by atoms with Gasteiger partial charge in [0.2, 0.25) is 0 Å². The highest BCUT2D eigenvalue weighted by Gasteiger charge is 2.54. The molecule has 0 amide bonds. The lowest BCUT2D eigenvalue weighted by molar-refractivity contribution is -0.136. The van der Waals surface area contributed by atoms with Gasteiger partial charge >= 0.3 is 5.97 Å². The lowest BCUT2D eigenvalue weighted by atomic mass is 9.47. The van der Waals surface area contributed by atoms with Crippen LogP contribution in [0.25, 0.3) is 0 Å². The van der Waals surface area contributed by atoms with Gasteiger partial charge in [0.05, 0.1) is 6.61 Å². The van der Waals surface area contributed by atoms with Gasteiger partial charge in [-0.25, -0.2) is 4.79 Å². The predicted octanol–water partition coefficient (Wildman–Crippen LogP) is 4.68. The zero-order chi connectivity index (χ0) is 17.4. The molecule has 2 saturated carbocycles. The first-order valence-electron chi connectivity index (χ1n) is 9.43. The van der Waals surface area contributed by atoms with E-state index < -0.39 is 0 Å². The van der Waals surface area contributed by atoms with Gasteiger partial charge in [0, 0.05) is 12.7 Å². The smallest absolute Gasteiger partial charge is 0.334 e. The van der Waals surface area contributed by atoms with Crippen LogP contribution in [0.5, 0.6) is 0 Å². The molecule has 0 bridgehead atoms. The summed E-state index contributed by atoms with van der Waals surface area (Å²) in [6.45, 7) is 10.6. The van der Waals surface area contributed by atoms with Crippen molar-refractivity contribution < 1.29 is 14.3 Å². The minimum Gasteiger partial charge on any atom is -0.458 e. The first-order chi connectivity index (χ1) is 11.4. The van der Waals surface area contributed by atoms with Crippen molar-refractivity contribution in [3.63, 3.8) is 0 Å². The molecule has 1 aliphatic heterocycles. The van der Waals surface area contributed by atoms with Crippen LogP contribution in [0, 0.1) is 22.7 Å². The predicted molar refractivity (Wildman–Crippen MR) is 95.6 cm³/mol. The second-order valence-electron chi connectivity index (χ2n) is 8.62.